The summed E-state index contributed by atoms with van der Waals surface area (Å²) in [6, 6.07) is 19.9. The molecule has 4 rings (SSSR count). The van der Waals surface area contributed by atoms with Gasteiger partial charge in [0, 0.05) is 31.9 Å². The number of aliphatic hydroxyl groups excluding tert-OH is 1. The van der Waals surface area contributed by atoms with Gasteiger partial charge in [0.25, 0.3) is 11.7 Å². The number of nitrogens with zero attached hydrogens (tertiary/aromatic N) is 2. The minimum Gasteiger partial charge on any atom is -0.507 e. The van der Waals surface area contributed by atoms with Crippen LogP contribution in [0.5, 0.6) is 11.5 Å². The number of methoxy groups -OCH3 is 1. The highest BCUT2D eigenvalue weighted by molar-refractivity contribution is 6.46. The number of hydrogen-bond acceptors (Lipinski definition) is 6. The third-order valence-electron chi connectivity index (χ3n) is 6.88. The molecule has 1 aliphatic rings. The van der Waals surface area contributed by atoms with Gasteiger partial charge in [-0.15, -0.1) is 0 Å². The predicted molar refractivity (Wildman–Crippen MR) is 153 cm³/mol. The Balaban J connectivity index is 1.75. The van der Waals surface area contributed by atoms with Crippen molar-refractivity contribution in [1.29, 1.82) is 0 Å². The van der Waals surface area contributed by atoms with E-state index < -0.39 is 17.7 Å². The molecular weight excluding hydrogens is 492 g/mol. The molecule has 1 aliphatic heterocycles. The lowest BCUT2D eigenvalue weighted by atomic mass is 9.94. The highest BCUT2D eigenvalue weighted by Crippen LogP contribution is 2.40. The Kier molecular flexibility index (Phi) is 8.29. The fraction of sp³-hybridized carbons (Fsp3) is 0.312. The molecule has 3 aromatic rings. The zero-order valence-corrected chi connectivity index (χ0v) is 23.4. The molecule has 1 atom stereocenters. The molecule has 1 fully saturated rings. The van der Waals surface area contributed by atoms with Crippen molar-refractivity contribution in [2.75, 3.05) is 32.6 Å². The minimum atomic E-state index is -0.716. The summed E-state index contributed by atoms with van der Waals surface area (Å²) in [7, 11) is 5.51. The van der Waals surface area contributed by atoms with Crippen LogP contribution in [0.25, 0.3) is 5.76 Å². The Morgan fingerprint density at radius 2 is 1.67 bits per heavy atom. The van der Waals surface area contributed by atoms with Crippen molar-refractivity contribution in [2.45, 2.75) is 39.3 Å². The van der Waals surface area contributed by atoms with Crippen LogP contribution in [-0.2, 0) is 16.0 Å². The van der Waals surface area contributed by atoms with Gasteiger partial charge in [0.2, 0.25) is 0 Å². The first-order valence-electron chi connectivity index (χ1n) is 13.1. The van der Waals surface area contributed by atoms with Crippen molar-refractivity contribution in [3.63, 3.8) is 0 Å². The van der Waals surface area contributed by atoms with Gasteiger partial charge in [-0.05, 0) is 86.3 Å². The molecule has 0 bridgehead atoms. The number of hydrogen-bond donors (Lipinski definition) is 1. The van der Waals surface area contributed by atoms with E-state index in [0.717, 1.165) is 28.1 Å². The van der Waals surface area contributed by atoms with Crippen LogP contribution in [0.3, 0.4) is 0 Å². The van der Waals surface area contributed by atoms with Gasteiger partial charge >= 0.3 is 0 Å². The largest absolute Gasteiger partial charge is 0.507 e. The summed E-state index contributed by atoms with van der Waals surface area (Å²) >= 11 is 0. The highest BCUT2D eigenvalue weighted by atomic mass is 16.5. The number of ether oxygens (including phenoxy) is 2. The first-order chi connectivity index (χ1) is 18.6. The Labute approximate surface area is 230 Å². The SMILES string of the molecule is COc1ccc(CCN2C(=O)C(=O)/C(=C(\O)c3ccc(OC(C)C)c(C)c3)C2c2ccc(N(C)C)cc2)cc1. The van der Waals surface area contributed by atoms with E-state index in [0.29, 0.717) is 24.3 Å². The third kappa shape index (κ3) is 5.93. The summed E-state index contributed by atoms with van der Waals surface area (Å²) in [6.07, 6.45) is 0.549. The van der Waals surface area contributed by atoms with Crippen LogP contribution < -0.4 is 14.4 Å². The monoisotopic (exact) mass is 528 g/mol. The van der Waals surface area contributed by atoms with Gasteiger partial charge in [-0.3, -0.25) is 9.59 Å². The number of ketones is 1. The lowest BCUT2D eigenvalue weighted by Gasteiger charge is -2.26. The molecule has 7 nitrogen and oxygen atoms in total. The fourth-order valence-electron chi connectivity index (χ4n) is 4.79. The van der Waals surface area contributed by atoms with Gasteiger partial charge in [-0.25, -0.2) is 0 Å². The number of benzene rings is 3. The maximum absolute atomic E-state index is 13.4. The van der Waals surface area contributed by atoms with Gasteiger partial charge in [0.05, 0.1) is 24.8 Å². The second kappa shape index (κ2) is 11.6. The van der Waals surface area contributed by atoms with E-state index in [1.54, 1.807) is 30.2 Å². The van der Waals surface area contributed by atoms with Crippen molar-refractivity contribution < 1.29 is 24.2 Å². The van der Waals surface area contributed by atoms with Crippen LogP contribution in [0.1, 0.15) is 42.1 Å². The summed E-state index contributed by atoms with van der Waals surface area (Å²) in [5.41, 5.74) is 4.14. The minimum absolute atomic E-state index is 0.00399. The molecule has 1 saturated heterocycles. The zero-order valence-electron chi connectivity index (χ0n) is 23.4. The zero-order chi connectivity index (χ0) is 28.3. The lowest BCUT2D eigenvalue weighted by molar-refractivity contribution is -0.139. The number of aryl methyl sites for hydroxylation is 1. The van der Waals surface area contributed by atoms with Crippen molar-refractivity contribution in [3.8, 4) is 11.5 Å². The molecule has 0 aromatic heterocycles. The predicted octanol–water partition coefficient (Wildman–Crippen LogP) is 5.52. The molecule has 1 amide bonds. The van der Waals surface area contributed by atoms with Crippen LogP contribution in [0.2, 0.25) is 0 Å². The summed E-state index contributed by atoms with van der Waals surface area (Å²) in [5, 5.41) is 11.5. The molecule has 0 aliphatic carbocycles. The first-order valence-corrected chi connectivity index (χ1v) is 13.1. The second-order valence-corrected chi connectivity index (χ2v) is 10.2. The molecule has 0 radical (unpaired) electrons. The van der Waals surface area contributed by atoms with Crippen LogP contribution in [0.4, 0.5) is 5.69 Å². The van der Waals surface area contributed by atoms with Gasteiger partial charge in [0.1, 0.15) is 17.3 Å². The van der Waals surface area contributed by atoms with Crippen LogP contribution in [0.15, 0.2) is 72.3 Å². The molecule has 1 heterocycles. The van der Waals surface area contributed by atoms with Gasteiger partial charge in [-0.2, -0.15) is 0 Å². The molecule has 3 aromatic carbocycles. The molecule has 7 heteroatoms. The van der Waals surface area contributed by atoms with Crippen molar-refractivity contribution in [3.05, 3.63) is 94.6 Å². The lowest BCUT2D eigenvalue weighted by Crippen LogP contribution is -2.31. The Hall–Kier alpha value is -4.26. The highest BCUT2D eigenvalue weighted by Gasteiger charge is 2.45. The maximum Gasteiger partial charge on any atom is 0.295 e. The summed E-state index contributed by atoms with van der Waals surface area (Å²) in [5.74, 6) is -0.0499. The van der Waals surface area contributed by atoms with Gasteiger partial charge < -0.3 is 24.4 Å². The first kappa shape index (κ1) is 27.8. The summed E-state index contributed by atoms with van der Waals surface area (Å²) in [6.45, 7) is 6.10. The molecule has 204 valence electrons. The van der Waals surface area contributed by atoms with E-state index in [1.165, 1.54) is 0 Å². The Morgan fingerprint density at radius 1 is 1.00 bits per heavy atom. The van der Waals surface area contributed by atoms with E-state index in [-0.39, 0.29) is 17.4 Å². The average molecular weight is 529 g/mol. The maximum atomic E-state index is 13.4. The molecule has 1 unspecified atom stereocenters. The van der Waals surface area contributed by atoms with Crippen LogP contribution in [0, 0.1) is 6.92 Å². The van der Waals surface area contributed by atoms with Gasteiger partial charge in [0.15, 0.2) is 0 Å². The Morgan fingerprint density at radius 3 is 2.23 bits per heavy atom. The van der Waals surface area contributed by atoms with Crippen molar-refractivity contribution in [2.24, 2.45) is 0 Å². The smallest absolute Gasteiger partial charge is 0.295 e. The van der Waals surface area contributed by atoms with E-state index in [2.05, 4.69) is 0 Å². The molecular formula is C32H36N2O5. The molecule has 0 spiro atoms. The number of rotatable bonds is 9. The molecule has 39 heavy (non-hydrogen) atoms. The average Bonchev–Trinajstić information content (AvgIpc) is 3.17. The number of amides is 1. The number of Topliss-reactive ketones (excluding diaryl/α,β-unsaturated/α-hetero) is 1. The van der Waals surface area contributed by atoms with E-state index in [9.17, 15) is 14.7 Å². The summed E-state index contributed by atoms with van der Waals surface area (Å²) in [4.78, 5) is 30.3. The number of carbonyl (C=O) groups excluding carboxylic acids is 2. The van der Waals surface area contributed by atoms with Crippen LogP contribution in [-0.4, -0.2) is 55.6 Å². The number of aliphatic hydroxyl groups is 1. The van der Waals surface area contributed by atoms with Gasteiger partial charge in [-0.1, -0.05) is 24.3 Å². The van der Waals surface area contributed by atoms with Crippen molar-refractivity contribution >= 4 is 23.1 Å². The normalized spacial score (nSPS) is 16.6. The standard InChI is InChI=1S/C32H36N2O5/c1-20(2)39-27-16-11-24(19-21(27)3)30(35)28-29(23-9-12-25(13-10-23)33(4)5)34(32(37)31(28)36)18-17-22-7-14-26(38-6)15-8-22/h7-16,19-20,29,35H,17-18H2,1-6H3/b30-28-. The number of carbonyl (C=O) groups is 2. The quantitative estimate of drug-likeness (QED) is 0.224. The number of anilines is 1. The summed E-state index contributed by atoms with van der Waals surface area (Å²) < 4.78 is 11.1. The second-order valence-electron chi connectivity index (χ2n) is 10.2. The molecule has 1 N–H and O–H groups in total. The van der Waals surface area contributed by atoms with E-state index in [4.69, 9.17) is 9.47 Å². The third-order valence-corrected chi connectivity index (χ3v) is 6.88. The van der Waals surface area contributed by atoms with Crippen molar-refractivity contribution in [1.82, 2.24) is 4.90 Å². The topological polar surface area (TPSA) is 79.3 Å². The molecule has 0 saturated carbocycles. The van der Waals surface area contributed by atoms with E-state index >= 15 is 0 Å². The van der Waals surface area contributed by atoms with E-state index in [1.807, 2.05) is 88.3 Å². The number of likely N-dealkylation sites (tertiary alicyclic amines) is 1. The fourth-order valence-corrected chi connectivity index (χ4v) is 4.79. The van der Waals surface area contributed by atoms with Crippen LogP contribution >= 0.6 is 0 Å². The Bertz CT molecular complexity index is 1370.